The van der Waals surface area contributed by atoms with Gasteiger partial charge in [0.25, 0.3) is 0 Å². The van der Waals surface area contributed by atoms with E-state index >= 15 is 0 Å². The molecule has 1 unspecified atom stereocenters. The predicted octanol–water partition coefficient (Wildman–Crippen LogP) is 0.251. The van der Waals surface area contributed by atoms with Gasteiger partial charge < -0.3 is 11.1 Å². The quantitative estimate of drug-likeness (QED) is 0.572. The Kier molecular flexibility index (Phi) is 2.49. The lowest BCUT2D eigenvalue weighted by Gasteiger charge is -2.24. The predicted molar refractivity (Wildman–Crippen MR) is 44.0 cm³/mol. The summed E-state index contributed by atoms with van der Waals surface area (Å²) >= 11 is 0. The summed E-state index contributed by atoms with van der Waals surface area (Å²) in [6.45, 7) is 3.61. The Balaban J connectivity index is 2.52. The Morgan fingerprint density at radius 3 is 3.00 bits per heavy atom. The van der Waals surface area contributed by atoms with Crippen LogP contribution in [0.5, 0.6) is 0 Å². The number of amides is 1. The van der Waals surface area contributed by atoms with Crippen LogP contribution in [0.25, 0.3) is 0 Å². The van der Waals surface area contributed by atoms with E-state index < -0.39 is 0 Å². The molecular weight excluding hydrogens is 140 g/mol. The molecule has 0 aromatic rings. The first-order valence-electron chi connectivity index (χ1n) is 4.13. The molecule has 3 nitrogen and oxygen atoms in total. The normalized spacial score (nSPS) is 32.7. The van der Waals surface area contributed by atoms with Crippen LogP contribution in [0, 0.1) is 5.41 Å². The van der Waals surface area contributed by atoms with E-state index in [2.05, 4.69) is 12.2 Å². The molecule has 0 aliphatic carbocycles. The number of rotatable bonds is 1. The van der Waals surface area contributed by atoms with Gasteiger partial charge in [-0.3, -0.25) is 4.79 Å². The van der Waals surface area contributed by atoms with Crippen LogP contribution in [-0.4, -0.2) is 19.0 Å². The monoisotopic (exact) mass is 156 g/mol. The SMILES string of the molecule is CC1(CN)CCNC(=O)CC1. The minimum Gasteiger partial charge on any atom is -0.356 e. The molecule has 1 amide bonds. The van der Waals surface area contributed by atoms with Crippen LogP contribution in [0.3, 0.4) is 0 Å². The van der Waals surface area contributed by atoms with Gasteiger partial charge in [0, 0.05) is 13.0 Å². The minimum atomic E-state index is 0.169. The molecule has 1 aliphatic heterocycles. The summed E-state index contributed by atoms with van der Waals surface area (Å²) in [5.41, 5.74) is 5.79. The summed E-state index contributed by atoms with van der Waals surface area (Å²) in [4.78, 5) is 10.9. The van der Waals surface area contributed by atoms with Crippen molar-refractivity contribution >= 4 is 5.91 Å². The van der Waals surface area contributed by atoms with Gasteiger partial charge in [0.1, 0.15) is 0 Å². The number of carbonyl (C=O) groups excluding carboxylic acids is 1. The second-order valence-corrected chi connectivity index (χ2v) is 3.61. The molecule has 1 atom stereocenters. The summed E-state index contributed by atoms with van der Waals surface area (Å²) in [6, 6.07) is 0. The molecular formula is C8H16N2O. The maximum Gasteiger partial charge on any atom is 0.220 e. The summed E-state index contributed by atoms with van der Waals surface area (Å²) in [5, 5.41) is 2.84. The molecule has 0 saturated carbocycles. The topological polar surface area (TPSA) is 55.1 Å². The lowest BCUT2D eigenvalue weighted by atomic mass is 9.83. The molecule has 1 aliphatic rings. The van der Waals surface area contributed by atoms with Crippen molar-refractivity contribution in [1.82, 2.24) is 5.32 Å². The summed E-state index contributed by atoms with van der Waals surface area (Å²) < 4.78 is 0. The zero-order valence-corrected chi connectivity index (χ0v) is 7.02. The van der Waals surface area contributed by atoms with Gasteiger partial charge in [-0.25, -0.2) is 0 Å². The highest BCUT2D eigenvalue weighted by Crippen LogP contribution is 2.27. The van der Waals surface area contributed by atoms with Crippen molar-refractivity contribution in [1.29, 1.82) is 0 Å². The largest absolute Gasteiger partial charge is 0.356 e. The third-order valence-corrected chi connectivity index (χ3v) is 2.50. The van der Waals surface area contributed by atoms with E-state index in [0.717, 1.165) is 19.4 Å². The Hall–Kier alpha value is -0.570. The van der Waals surface area contributed by atoms with Crippen molar-refractivity contribution in [3.63, 3.8) is 0 Å². The Labute approximate surface area is 67.3 Å². The van der Waals surface area contributed by atoms with Crippen LogP contribution in [0.4, 0.5) is 0 Å². The van der Waals surface area contributed by atoms with Crippen molar-refractivity contribution in [2.75, 3.05) is 13.1 Å². The number of hydrogen-bond acceptors (Lipinski definition) is 2. The van der Waals surface area contributed by atoms with Gasteiger partial charge in [-0.1, -0.05) is 6.92 Å². The van der Waals surface area contributed by atoms with Crippen molar-refractivity contribution < 1.29 is 4.79 Å². The first-order valence-corrected chi connectivity index (χ1v) is 4.13. The average molecular weight is 156 g/mol. The molecule has 1 rings (SSSR count). The third kappa shape index (κ3) is 2.19. The van der Waals surface area contributed by atoms with Gasteiger partial charge in [0.15, 0.2) is 0 Å². The molecule has 0 bridgehead atoms. The average Bonchev–Trinajstić information content (AvgIpc) is 2.15. The first kappa shape index (κ1) is 8.53. The van der Waals surface area contributed by atoms with Crippen molar-refractivity contribution in [3.8, 4) is 0 Å². The van der Waals surface area contributed by atoms with E-state index in [9.17, 15) is 4.79 Å². The maximum atomic E-state index is 10.9. The fourth-order valence-electron chi connectivity index (χ4n) is 1.34. The lowest BCUT2D eigenvalue weighted by Crippen LogP contribution is -2.28. The van der Waals surface area contributed by atoms with E-state index in [1.807, 2.05) is 0 Å². The Morgan fingerprint density at radius 2 is 2.36 bits per heavy atom. The van der Waals surface area contributed by atoms with Crippen LogP contribution < -0.4 is 11.1 Å². The zero-order chi connectivity index (χ0) is 8.32. The summed E-state index contributed by atoms with van der Waals surface area (Å²) in [7, 11) is 0. The number of carbonyl (C=O) groups is 1. The molecule has 1 fully saturated rings. The van der Waals surface area contributed by atoms with E-state index in [-0.39, 0.29) is 11.3 Å². The van der Waals surface area contributed by atoms with Crippen LogP contribution in [0.15, 0.2) is 0 Å². The van der Waals surface area contributed by atoms with Gasteiger partial charge in [-0.2, -0.15) is 0 Å². The fourth-order valence-corrected chi connectivity index (χ4v) is 1.34. The van der Waals surface area contributed by atoms with Crippen molar-refractivity contribution in [3.05, 3.63) is 0 Å². The first-order chi connectivity index (χ1) is 5.16. The van der Waals surface area contributed by atoms with E-state index in [0.29, 0.717) is 13.0 Å². The highest BCUT2D eigenvalue weighted by molar-refractivity contribution is 5.76. The third-order valence-electron chi connectivity index (χ3n) is 2.50. The molecule has 3 N–H and O–H groups in total. The van der Waals surface area contributed by atoms with Gasteiger partial charge in [-0.15, -0.1) is 0 Å². The molecule has 1 heterocycles. The maximum absolute atomic E-state index is 10.9. The summed E-state index contributed by atoms with van der Waals surface area (Å²) in [5.74, 6) is 0.169. The van der Waals surface area contributed by atoms with Crippen LogP contribution in [-0.2, 0) is 4.79 Å². The summed E-state index contributed by atoms with van der Waals surface area (Å²) in [6.07, 6.45) is 2.57. The molecule has 3 heteroatoms. The second kappa shape index (κ2) is 3.22. The fraction of sp³-hybridized carbons (Fsp3) is 0.875. The standard InChI is InChI=1S/C8H16N2O/c1-8(6-9)3-2-7(11)10-5-4-8/h2-6,9H2,1H3,(H,10,11). The molecule has 1 saturated heterocycles. The zero-order valence-electron chi connectivity index (χ0n) is 7.02. The van der Waals surface area contributed by atoms with E-state index in [4.69, 9.17) is 5.73 Å². The van der Waals surface area contributed by atoms with E-state index in [1.165, 1.54) is 0 Å². The number of nitrogens with one attached hydrogen (secondary N) is 1. The van der Waals surface area contributed by atoms with Crippen molar-refractivity contribution in [2.45, 2.75) is 26.2 Å². The highest BCUT2D eigenvalue weighted by Gasteiger charge is 2.25. The molecule has 0 spiro atoms. The van der Waals surface area contributed by atoms with Crippen molar-refractivity contribution in [2.24, 2.45) is 11.1 Å². The van der Waals surface area contributed by atoms with Crippen LogP contribution in [0.2, 0.25) is 0 Å². The molecule has 0 aromatic heterocycles. The van der Waals surface area contributed by atoms with Gasteiger partial charge in [0.2, 0.25) is 5.91 Å². The molecule has 11 heavy (non-hydrogen) atoms. The van der Waals surface area contributed by atoms with Gasteiger partial charge in [-0.05, 0) is 24.8 Å². The second-order valence-electron chi connectivity index (χ2n) is 3.61. The molecule has 0 radical (unpaired) electrons. The van der Waals surface area contributed by atoms with Crippen LogP contribution >= 0.6 is 0 Å². The Morgan fingerprint density at radius 1 is 1.64 bits per heavy atom. The molecule has 0 aromatic carbocycles. The number of nitrogens with two attached hydrogens (primary N) is 1. The Bertz CT molecular complexity index is 158. The number of hydrogen-bond donors (Lipinski definition) is 2. The van der Waals surface area contributed by atoms with E-state index in [1.54, 1.807) is 0 Å². The van der Waals surface area contributed by atoms with Gasteiger partial charge in [0.05, 0.1) is 0 Å². The minimum absolute atomic E-state index is 0.169. The van der Waals surface area contributed by atoms with Crippen LogP contribution in [0.1, 0.15) is 26.2 Å². The van der Waals surface area contributed by atoms with Gasteiger partial charge >= 0.3 is 0 Å². The highest BCUT2D eigenvalue weighted by atomic mass is 16.1. The lowest BCUT2D eigenvalue weighted by molar-refractivity contribution is -0.120. The smallest absolute Gasteiger partial charge is 0.220 e. The molecule has 64 valence electrons.